The maximum absolute atomic E-state index is 11.8. The Labute approximate surface area is 133 Å². The van der Waals surface area contributed by atoms with Crippen molar-refractivity contribution in [3.8, 4) is 5.75 Å². The number of halogens is 1. The third-order valence-electron chi connectivity index (χ3n) is 2.75. The topological polar surface area (TPSA) is 76.1 Å². The average molecular weight is 321 g/mol. The van der Waals surface area contributed by atoms with E-state index in [-0.39, 0.29) is 5.15 Å². The van der Waals surface area contributed by atoms with E-state index in [9.17, 15) is 4.79 Å². The molecule has 2 N–H and O–H groups in total. The highest BCUT2D eigenvalue weighted by atomic mass is 35.5. The standard InChI is InChI=1S/C15H17ClN4O2/c1-2-3-10-22-12-6-4-11(5-7-12)17-15(21)18-14-9-8-13(16)19-20-14/h4-9H,2-3,10H2,1H3,(H2,17,18,20,21). The Morgan fingerprint density at radius 3 is 2.55 bits per heavy atom. The molecule has 0 aliphatic carbocycles. The van der Waals surface area contributed by atoms with E-state index >= 15 is 0 Å². The monoisotopic (exact) mass is 320 g/mol. The molecule has 0 fully saturated rings. The highest BCUT2D eigenvalue weighted by Gasteiger charge is 2.04. The summed E-state index contributed by atoms with van der Waals surface area (Å²) in [6.07, 6.45) is 2.11. The number of anilines is 2. The van der Waals surface area contributed by atoms with Crippen molar-refractivity contribution in [2.75, 3.05) is 17.2 Å². The highest BCUT2D eigenvalue weighted by Crippen LogP contribution is 2.16. The minimum Gasteiger partial charge on any atom is -0.494 e. The van der Waals surface area contributed by atoms with Crippen molar-refractivity contribution < 1.29 is 9.53 Å². The molecule has 2 amide bonds. The van der Waals surface area contributed by atoms with Gasteiger partial charge in [-0.05, 0) is 42.8 Å². The van der Waals surface area contributed by atoms with Crippen molar-refractivity contribution in [2.24, 2.45) is 0 Å². The Kier molecular flexibility index (Phi) is 5.97. The molecule has 0 spiro atoms. The van der Waals surface area contributed by atoms with E-state index in [2.05, 4.69) is 27.8 Å². The van der Waals surface area contributed by atoms with Crippen molar-refractivity contribution in [1.82, 2.24) is 10.2 Å². The second-order valence-electron chi connectivity index (χ2n) is 4.55. The smallest absolute Gasteiger partial charge is 0.324 e. The van der Waals surface area contributed by atoms with Crippen molar-refractivity contribution >= 4 is 29.1 Å². The predicted molar refractivity (Wildman–Crippen MR) is 86.5 cm³/mol. The van der Waals surface area contributed by atoms with Gasteiger partial charge in [-0.1, -0.05) is 24.9 Å². The van der Waals surface area contributed by atoms with Gasteiger partial charge in [-0.15, -0.1) is 10.2 Å². The number of carbonyl (C=O) groups is 1. The third-order valence-corrected chi connectivity index (χ3v) is 2.95. The van der Waals surface area contributed by atoms with Gasteiger partial charge in [0, 0.05) is 5.69 Å². The molecule has 1 heterocycles. The zero-order valence-electron chi connectivity index (χ0n) is 12.2. The lowest BCUT2D eigenvalue weighted by atomic mass is 10.3. The minimum absolute atomic E-state index is 0.268. The average Bonchev–Trinajstić information content (AvgIpc) is 2.51. The van der Waals surface area contributed by atoms with Crippen LogP contribution in [0.1, 0.15) is 19.8 Å². The lowest BCUT2D eigenvalue weighted by molar-refractivity contribution is 0.262. The second-order valence-corrected chi connectivity index (χ2v) is 4.93. The van der Waals surface area contributed by atoms with Gasteiger partial charge in [0.1, 0.15) is 5.75 Å². The first-order chi connectivity index (χ1) is 10.7. The van der Waals surface area contributed by atoms with Gasteiger partial charge in [0.05, 0.1) is 6.61 Å². The van der Waals surface area contributed by atoms with E-state index in [1.165, 1.54) is 0 Å². The Hall–Kier alpha value is -2.34. The van der Waals surface area contributed by atoms with Crippen LogP contribution < -0.4 is 15.4 Å². The number of amides is 2. The molecule has 6 nitrogen and oxygen atoms in total. The summed E-state index contributed by atoms with van der Waals surface area (Å²) in [4.78, 5) is 11.8. The molecule has 22 heavy (non-hydrogen) atoms. The van der Waals surface area contributed by atoms with Crippen LogP contribution in [0.3, 0.4) is 0 Å². The van der Waals surface area contributed by atoms with E-state index in [1.54, 1.807) is 24.3 Å². The van der Waals surface area contributed by atoms with Gasteiger partial charge in [0.15, 0.2) is 11.0 Å². The van der Waals surface area contributed by atoms with Crippen LogP contribution in [0.15, 0.2) is 36.4 Å². The third kappa shape index (κ3) is 5.21. The number of urea groups is 1. The summed E-state index contributed by atoms with van der Waals surface area (Å²) in [7, 11) is 0. The summed E-state index contributed by atoms with van der Waals surface area (Å²) < 4.78 is 5.55. The van der Waals surface area contributed by atoms with Crippen LogP contribution in [-0.4, -0.2) is 22.8 Å². The first-order valence-electron chi connectivity index (χ1n) is 6.97. The number of nitrogens with zero attached hydrogens (tertiary/aromatic N) is 2. The largest absolute Gasteiger partial charge is 0.494 e. The number of unbranched alkanes of at least 4 members (excludes halogenated alkanes) is 1. The molecule has 0 saturated carbocycles. The van der Waals surface area contributed by atoms with Crippen molar-refractivity contribution in [3.63, 3.8) is 0 Å². The summed E-state index contributed by atoms with van der Waals surface area (Å²) in [5.41, 5.74) is 0.655. The SMILES string of the molecule is CCCCOc1ccc(NC(=O)Nc2ccc(Cl)nn2)cc1. The first-order valence-corrected chi connectivity index (χ1v) is 7.35. The zero-order chi connectivity index (χ0) is 15.8. The van der Waals surface area contributed by atoms with Crippen LogP contribution in [0.2, 0.25) is 5.15 Å². The van der Waals surface area contributed by atoms with E-state index < -0.39 is 6.03 Å². The molecule has 2 aromatic rings. The number of carbonyl (C=O) groups excluding carboxylic acids is 1. The molecule has 2 rings (SSSR count). The summed E-state index contributed by atoms with van der Waals surface area (Å²) in [5, 5.41) is 12.9. The molecule has 0 aliphatic rings. The molecular weight excluding hydrogens is 304 g/mol. The lowest BCUT2D eigenvalue weighted by Crippen LogP contribution is -2.20. The Balaban J connectivity index is 1.84. The van der Waals surface area contributed by atoms with Crippen molar-refractivity contribution in [2.45, 2.75) is 19.8 Å². The molecule has 0 saturated heterocycles. The quantitative estimate of drug-likeness (QED) is 0.790. The molecule has 0 radical (unpaired) electrons. The van der Waals surface area contributed by atoms with Gasteiger partial charge >= 0.3 is 6.03 Å². The molecule has 116 valence electrons. The molecule has 7 heteroatoms. The van der Waals surface area contributed by atoms with Gasteiger partial charge in [0.25, 0.3) is 0 Å². The summed E-state index contributed by atoms with van der Waals surface area (Å²) in [6, 6.07) is 9.88. The summed E-state index contributed by atoms with van der Waals surface area (Å²) in [6.45, 7) is 2.80. The van der Waals surface area contributed by atoms with E-state index in [0.29, 0.717) is 18.1 Å². The lowest BCUT2D eigenvalue weighted by Gasteiger charge is -2.08. The number of nitrogens with one attached hydrogen (secondary N) is 2. The molecule has 0 aliphatic heterocycles. The number of aromatic nitrogens is 2. The molecule has 1 aromatic heterocycles. The minimum atomic E-state index is -0.406. The number of hydrogen-bond acceptors (Lipinski definition) is 4. The molecule has 0 unspecified atom stereocenters. The second kappa shape index (κ2) is 8.19. The maximum atomic E-state index is 11.8. The van der Waals surface area contributed by atoms with Gasteiger partial charge < -0.3 is 10.1 Å². The maximum Gasteiger partial charge on any atom is 0.324 e. The number of ether oxygens (including phenoxy) is 1. The van der Waals surface area contributed by atoms with E-state index in [0.717, 1.165) is 18.6 Å². The molecule has 0 atom stereocenters. The number of benzene rings is 1. The molecule has 1 aromatic carbocycles. The van der Waals surface area contributed by atoms with Gasteiger partial charge in [-0.25, -0.2) is 4.79 Å². The fraction of sp³-hybridized carbons (Fsp3) is 0.267. The Morgan fingerprint density at radius 2 is 1.91 bits per heavy atom. The predicted octanol–water partition coefficient (Wildman–Crippen LogP) is 3.95. The van der Waals surface area contributed by atoms with E-state index in [1.807, 2.05) is 12.1 Å². The Bertz CT molecular complexity index is 602. The fourth-order valence-electron chi connectivity index (χ4n) is 1.63. The number of hydrogen-bond donors (Lipinski definition) is 2. The van der Waals surface area contributed by atoms with Crippen LogP contribution >= 0.6 is 11.6 Å². The number of rotatable bonds is 6. The Morgan fingerprint density at radius 1 is 1.14 bits per heavy atom. The van der Waals surface area contributed by atoms with Crippen LogP contribution in [0, 0.1) is 0 Å². The summed E-state index contributed by atoms with van der Waals surface area (Å²) >= 11 is 5.62. The molecular formula is C15H17ClN4O2. The van der Waals surface area contributed by atoms with Gasteiger partial charge in [0.2, 0.25) is 0 Å². The van der Waals surface area contributed by atoms with Crippen LogP contribution in [-0.2, 0) is 0 Å². The first kappa shape index (κ1) is 16.0. The van der Waals surface area contributed by atoms with Crippen LogP contribution in [0.25, 0.3) is 0 Å². The highest BCUT2D eigenvalue weighted by molar-refractivity contribution is 6.29. The van der Waals surface area contributed by atoms with Crippen LogP contribution in [0.5, 0.6) is 5.75 Å². The van der Waals surface area contributed by atoms with Gasteiger partial charge in [-0.2, -0.15) is 0 Å². The van der Waals surface area contributed by atoms with Gasteiger partial charge in [-0.3, -0.25) is 5.32 Å². The summed E-state index contributed by atoms with van der Waals surface area (Å²) in [5.74, 6) is 1.10. The normalized spacial score (nSPS) is 10.1. The molecule has 0 bridgehead atoms. The zero-order valence-corrected chi connectivity index (χ0v) is 12.9. The fourth-order valence-corrected chi connectivity index (χ4v) is 1.73. The van der Waals surface area contributed by atoms with Crippen molar-refractivity contribution in [3.05, 3.63) is 41.6 Å². The van der Waals surface area contributed by atoms with Crippen LogP contribution in [0.4, 0.5) is 16.3 Å². The van der Waals surface area contributed by atoms with Crippen molar-refractivity contribution in [1.29, 1.82) is 0 Å². The van der Waals surface area contributed by atoms with E-state index in [4.69, 9.17) is 16.3 Å².